The summed E-state index contributed by atoms with van der Waals surface area (Å²) in [6.45, 7) is 6.00. The molecule has 5 nitrogen and oxygen atoms in total. The number of anilines is 1. The summed E-state index contributed by atoms with van der Waals surface area (Å²) in [5.41, 5.74) is 0.925. The van der Waals surface area contributed by atoms with Crippen molar-refractivity contribution in [3.8, 4) is 0 Å². The second-order valence-electron chi connectivity index (χ2n) is 5.16. The number of aromatic nitrogens is 1. The van der Waals surface area contributed by atoms with Gasteiger partial charge in [-0.05, 0) is 30.4 Å². The van der Waals surface area contributed by atoms with Crippen molar-refractivity contribution in [2.24, 2.45) is 0 Å². The van der Waals surface area contributed by atoms with E-state index < -0.39 is 0 Å². The summed E-state index contributed by atoms with van der Waals surface area (Å²) >= 11 is 1.39. The predicted molar refractivity (Wildman–Crippen MR) is 88.3 cm³/mol. The number of rotatable bonds is 8. The Kier molecular flexibility index (Phi) is 5.50. The molecule has 21 heavy (non-hydrogen) atoms. The fourth-order valence-electron chi connectivity index (χ4n) is 2.34. The van der Waals surface area contributed by atoms with Crippen LogP contribution < -0.4 is 4.90 Å². The molecule has 2 rings (SSSR count). The molecule has 0 radical (unpaired) electrons. The number of hydrogen-bond acceptors (Lipinski definition) is 5. The second kappa shape index (κ2) is 7.36. The summed E-state index contributed by atoms with van der Waals surface area (Å²) in [4.78, 5) is 13.3. The first kappa shape index (κ1) is 15.7. The van der Waals surface area contributed by atoms with Crippen LogP contribution in [0.5, 0.6) is 0 Å². The lowest BCUT2D eigenvalue weighted by molar-refractivity contribution is -0.384. The van der Waals surface area contributed by atoms with E-state index in [0.717, 1.165) is 54.5 Å². The first-order chi connectivity index (χ1) is 10.2. The minimum absolute atomic E-state index is 0.190. The van der Waals surface area contributed by atoms with Crippen LogP contribution in [0.3, 0.4) is 0 Å². The molecule has 0 amide bonds. The van der Waals surface area contributed by atoms with Crippen molar-refractivity contribution >= 4 is 33.0 Å². The Labute approximate surface area is 128 Å². The van der Waals surface area contributed by atoms with Crippen LogP contribution in [0.15, 0.2) is 18.3 Å². The molecule has 2 aromatic rings. The summed E-state index contributed by atoms with van der Waals surface area (Å²) in [6.07, 6.45) is 5.95. The van der Waals surface area contributed by atoms with Crippen molar-refractivity contribution < 1.29 is 4.92 Å². The van der Waals surface area contributed by atoms with Crippen LogP contribution in [0.2, 0.25) is 0 Å². The molecule has 1 heterocycles. The van der Waals surface area contributed by atoms with Gasteiger partial charge in [0, 0.05) is 30.7 Å². The molecule has 0 atom stereocenters. The van der Waals surface area contributed by atoms with Crippen LogP contribution in [-0.2, 0) is 0 Å². The molecule has 0 N–H and O–H groups in total. The number of nitrogens with zero attached hydrogens (tertiary/aromatic N) is 3. The van der Waals surface area contributed by atoms with Crippen molar-refractivity contribution in [3.63, 3.8) is 0 Å². The van der Waals surface area contributed by atoms with Gasteiger partial charge in [0.05, 0.1) is 9.62 Å². The third-order valence-electron chi connectivity index (χ3n) is 3.55. The molecule has 6 heteroatoms. The number of unbranched alkanes of at least 4 members (excludes halogenated alkanes) is 2. The Morgan fingerprint density at radius 2 is 1.90 bits per heavy atom. The highest BCUT2D eigenvalue weighted by Gasteiger charge is 2.20. The van der Waals surface area contributed by atoms with Gasteiger partial charge in [0.15, 0.2) is 0 Å². The molecule has 0 unspecified atom stereocenters. The maximum Gasteiger partial charge on any atom is 0.293 e. The Balaban J connectivity index is 2.42. The summed E-state index contributed by atoms with van der Waals surface area (Å²) in [6, 6.07) is 3.58. The largest absolute Gasteiger partial charge is 0.366 e. The summed E-state index contributed by atoms with van der Waals surface area (Å²) in [5, 5.41) is 12.2. The predicted octanol–water partition coefficient (Wildman–Crippen LogP) is 4.61. The molecule has 0 fully saturated rings. The molecular formula is C15H21N3O2S. The third-order valence-corrected chi connectivity index (χ3v) is 4.31. The average molecular weight is 307 g/mol. The van der Waals surface area contributed by atoms with E-state index in [1.54, 1.807) is 12.3 Å². The lowest BCUT2D eigenvalue weighted by Crippen LogP contribution is -2.26. The van der Waals surface area contributed by atoms with Crippen molar-refractivity contribution in [1.29, 1.82) is 0 Å². The average Bonchev–Trinajstić information content (AvgIpc) is 2.93. The van der Waals surface area contributed by atoms with E-state index in [1.807, 2.05) is 6.07 Å². The van der Waals surface area contributed by atoms with Gasteiger partial charge < -0.3 is 4.90 Å². The van der Waals surface area contributed by atoms with E-state index in [2.05, 4.69) is 23.1 Å². The smallest absolute Gasteiger partial charge is 0.293 e. The molecular weight excluding hydrogens is 286 g/mol. The van der Waals surface area contributed by atoms with Gasteiger partial charge in [-0.1, -0.05) is 26.7 Å². The Morgan fingerprint density at radius 3 is 2.48 bits per heavy atom. The van der Waals surface area contributed by atoms with Crippen molar-refractivity contribution in [1.82, 2.24) is 4.37 Å². The topological polar surface area (TPSA) is 59.3 Å². The minimum Gasteiger partial charge on any atom is -0.366 e. The van der Waals surface area contributed by atoms with E-state index in [0.29, 0.717) is 0 Å². The van der Waals surface area contributed by atoms with Gasteiger partial charge in [0.2, 0.25) is 0 Å². The lowest BCUT2D eigenvalue weighted by atomic mass is 10.1. The lowest BCUT2D eigenvalue weighted by Gasteiger charge is -2.24. The highest BCUT2D eigenvalue weighted by molar-refractivity contribution is 7.13. The van der Waals surface area contributed by atoms with Crippen LogP contribution >= 0.6 is 11.5 Å². The molecule has 1 aromatic carbocycles. The molecule has 0 bridgehead atoms. The summed E-state index contributed by atoms with van der Waals surface area (Å²) in [7, 11) is 0. The number of nitro groups is 1. The van der Waals surface area contributed by atoms with Crippen LogP contribution in [0.1, 0.15) is 39.5 Å². The summed E-state index contributed by atoms with van der Waals surface area (Å²) < 4.78 is 5.14. The van der Waals surface area contributed by atoms with Gasteiger partial charge in [-0.25, -0.2) is 0 Å². The molecule has 0 aliphatic rings. The molecule has 0 spiro atoms. The van der Waals surface area contributed by atoms with Crippen molar-refractivity contribution in [2.75, 3.05) is 18.0 Å². The highest BCUT2D eigenvalue weighted by Crippen LogP contribution is 2.34. The van der Waals surface area contributed by atoms with Crippen molar-refractivity contribution in [3.05, 3.63) is 28.4 Å². The van der Waals surface area contributed by atoms with E-state index >= 15 is 0 Å². The zero-order valence-electron chi connectivity index (χ0n) is 12.5. The van der Waals surface area contributed by atoms with E-state index in [4.69, 9.17) is 0 Å². The third kappa shape index (κ3) is 3.69. The van der Waals surface area contributed by atoms with E-state index in [9.17, 15) is 10.1 Å². The second-order valence-corrected chi connectivity index (χ2v) is 5.99. The normalized spacial score (nSPS) is 11.0. The SMILES string of the molecule is CCCCN(CCCC)c1cc2sncc2cc1[N+](=O)[O-]. The molecule has 0 aliphatic heterocycles. The van der Waals surface area contributed by atoms with Gasteiger partial charge in [-0.2, -0.15) is 4.37 Å². The standard InChI is InChI=1S/C15H21N3O2S/c1-3-5-7-17(8-6-4-2)13-10-15-12(11-16-21-15)9-14(13)18(19)20/h9-11H,3-8H2,1-2H3. The number of nitro benzene ring substituents is 1. The fourth-order valence-corrected chi connectivity index (χ4v) is 3.01. The highest BCUT2D eigenvalue weighted by atomic mass is 32.1. The van der Waals surface area contributed by atoms with Gasteiger partial charge in [-0.15, -0.1) is 0 Å². The van der Waals surface area contributed by atoms with Crippen LogP contribution in [-0.4, -0.2) is 22.4 Å². The van der Waals surface area contributed by atoms with Crippen LogP contribution in [0.4, 0.5) is 11.4 Å². The van der Waals surface area contributed by atoms with Crippen LogP contribution in [0, 0.1) is 10.1 Å². The first-order valence-corrected chi connectivity index (χ1v) is 8.22. The number of hydrogen-bond donors (Lipinski definition) is 0. The van der Waals surface area contributed by atoms with Crippen molar-refractivity contribution in [2.45, 2.75) is 39.5 Å². The monoisotopic (exact) mass is 307 g/mol. The van der Waals surface area contributed by atoms with Gasteiger partial charge in [-0.3, -0.25) is 10.1 Å². The van der Waals surface area contributed by atoms with E-state index in [-0.39, 0.29) is 10.6 Å². The van der Waals surface area contributed by atoms with Gasteiger partial charge in [0.25, 0.3) is 5.69 Å². The van der Waals surface area contributed by atoms with E-state index in [1.165, 1.54) is 11.5 Å². The zero-order chi connectivity index (χ0) is 15.2. The molecule has 0 aliphatic carbocycles. The Morgan fingerprint density at radius 1 is 1.24 bits per heavy atom. The number of fused-ring (bicyclic) bond motifs is 1. The Hall–Kier alpha value is -1.69. The summed E-state index contributed by atoms with van der Waals surface area (Å²) in [5.74, 6) is 0. The number of benzene rings is 1. The molecule has 0 saturated heterocycles. The molecule has 114 valence electrons. The first-order valence-electron chi connectivity index (χ1n) is 7.45. The Bertz CT molecular complexity index is 604. The fraction of sp³-hybridized carbons (Fsp3) is 0.533. The minimum atomic E-state index is -0.280. The molecule has 0 saturated carbocycles. The molecule has 1 aromatic heterocycles. The maximum atomic E-state index is 11.4. The van der Waals surface area contributed by atoms with Crippen LogP contribution in [0.25, 0.3) is 10.1 Å². The zero-order valence-corrected chi connectivity index (χ0v) is 13.4. The quantitative estimate of drug-likeness (QED) is 0.528. The van der Waals surface area contributed by atoms with Gasteiger partial charge in [0.1, 0.15) is 5.69 Å². The maximum absolute atomic E-state index is 11.4. The van der Waals surface area contributed by atoms with Gasteiger partial charge >= 0.3 is 0 Å².